The standard InChI is InChI=1S/C33H38IN5/c1-5-6-20-37(4)33-36-30-31(39(33)21-24(2)3)27-18-13-19-28(34)29(27)35-32(30)38(22-25-14-9-7-10-15-25)23-26-16-11-8-12-17-26/h7-19,24H,5-6,20-23H2,1-4H3. The molecule has 0 bridgehead atoms. The van der Waals surface area contributed by atoms with E-state index in [0.717, 1.165) is 65.4 Å². The predicted octanol–water partition coefficient (Wildman–Crippen LogP) is 8.29. The van der Waals surface area contributed by atoms with Crippen molar-refractivity contribution in [1.29, 1.82) is 0 Å². The molecule has 5 nitrogen and oxygen atoms in total. The van der Waals surface area contributed by atoms with Crippen molar-refractivity contribution in [3.8, 4) is 0 Å². The van der Waals surface area contributed by atoms with Crippen molar-refractivity contribution in [1.82, 2.24) is 14.5 Å². The molecule has 0 aliphatic carbocycles. The maximum absolute atomic E-state index is 5.38. The van der Waals surface area contributed by atoms with Crippen LogP contribution in [0.3, 0.4) is 0 Å². The maximum atomic E-state index is 5.38. The lowest BCUT2D eigenvalue weighted by molar-refractivity contribution is 0.530. The molecule has 0 saturated heterocycles. The topological polar surface area (TPSA) is 37.2 Å². The van der Waals surface area contributed by atoms with Crippen molar-refractivity contribution in [2.24, 2.45) is 5.92 Å². The van der Waals surface area contributed by atoms with Gasteiger partial charge in [-0.25, -0.2) is 9.97 Å². The molecule has 2 aromatic heterocycles. The van der Waals surface area contributed by atoms with E-state index >= 15 is 0 Å². The third-order valence-corrected chi connectivity index (χ3v) is 7.96. The average Bonchev–Trinajstić information content (AvgIpc) is 3.31. The lowest BCUT2D eigenvalue weighted by Gasteiger charge is -2.25. The van der Waals surface area contributed by atoms with Gasteiger partial charge in [-0.3, -0.25) is 0 Å². The van der Waals surface area contributed by atoms with E-state index in [9.17, 15) is 0 Å². The van der Waals surface area contributed by atoms with E-state index in [1.54, 1.807) is 0 Å². The van der Waals surface area contributed by atoms with Crippen LogP contribution in [0.25, 0.3) is 21.9 Å². The third-order valence-electron chi connectivity index (χ3n) is 7.09. The van der Waals surface area contributed by atoms with Crippen molar-refractivity contribution >= 4 is 56.3 Å². The highest BCUT2D eigenvalue weighted by atomic mass is 127. The van der Waals surface area contributed by atoms with Crippen molar-refractivity contribution in [2.45, 2.75) is 53.2 Å². The minimum absolute atomic E-state index is 0.486. The molecule has 2 heterocycles. The zero-order chi connectivity index (χ0) is 27.4. The number of imidazole rings is 1. The number of nitrogens with zero attached hydrogens (tertiary/aromatic N) is 5. The first kappa shape index (κ1) is 27.4. The Morgan fingerprint density at radius 3 is 2.05 bits per heavy atom. The summed E-state index contributed by atoms with van der Waals surface area (Å²) < 4.78 is 3.61. The maximum Gasteiger partial charge on any atom is 0.206 e. The predicted molar refractivity (Wildman–Crippen MR) is 174 cm³/mol. The molecule has 6 heteroatoms. The van der Waals surface area contributed by atoms with Gasteiger partial charge < -0.3 is 14.4 Å². The Balaban J connectivity index is 1.78. The molecule has 0 saturated carbocycles. The number of para-hydroxylation sites is 1. The summed E-state index contributed by atoms with van der Waals surface area (Å²) in [5.41, 5.74) is 5.72. The zero-order valence-corrected chi connectivity index (χ0v) is 25.6. The van der Waals surface area contributed by atoms with Crippen LogP contribution in [0.2, 0.25) is 0 Å². The highest BCUT2D eigenvalue weighted by Crippen LogP contribution is 2.37. The Hall–Kier alpha value is -3.13. The fraction of sp³-hybridized carbons (Fsp3) is 0.333. The molecule has 0 aliphatic heterocycles. The quantitative estimate of drug-likeness (QED) is 0.138. The molecular weight excluding hydrogens is 593 g/mol. The molecule has 0 amide bonds. The molecule has 0 atom stereocenters. The fourth-order valence-corrected chi connectivity index (χ4v) is 5.83. The molecule has 39 heavy (non-hydrogen) atoms. The molecule has 3 aromatic carbocycles. The van der Waals surface area contributed by atoms with Gasteiger partial charge in [0.1, 0.15) is 5.52 Å². The first-order valence-electron chi connectivity index (χ1n) is 14.0. The summed E-state index contributed by atoms with van der Waals surface area (Å²) in [6.07, 6.45) is 2.30. The molecule has 202 valence electrons. The van der Waals surface area contributed by atoms with Gasteiger partial charge in [0.05, 0.1) is 11.0 Å². The summed E-state index contributed by atoms with van der Waals surface area (Å²) in [5, 5.41) is 1.17. The molecule has 0 spiro atoms. The summed E-state index contributed by atoms with van der Waals surface area (Å²) in [4.78, 5) is 15.5. The van der Waals surface area contributed by atoms with E-state index in [0.29, 0.717) is 5.92 Å². The van der Waals surface area contributed by atoms with Gasteiger partial charge in [-0.15, -0.1) is 0 Å². The number of rotatable bonds is 11. The molecule has 0 unspecified atom stereocenters. The lowest BCUT2D eigenvalue weighted by atomic mass is 10.1. The second-order valence-electron chi connectivity index (χ2n) is 10.8. The van der Waals surface area contributed by atoms with Crippen LogP contribution in [-0.4, -0.2) is 28.1 Å². The van der Waals surface area contributed by atoms with Crippen molar-refractivity contribution < 1.29 is 0 Å². The van der Waals surface area contributed by atoms with Crippen molar-refractivity contribution in [3.63, 3.8) is 0 Å². The van der Waals surface area contributed by atoms with Crippen molar-refractivity contribution in [2.75, 3.05) is 23.4 Å². The number of halogens is 1. The number of anilines is 2. The van der Waals surface area contributed by atoms with Gasteiger partial charge in [-0.1, -0.05) is 100.0 Å². The number of hydrogen-bond donors (Lipinski definition) is 0. The molecule has 5 aromatic rings. The number of aromatic nitrogens is 3. The monoisotopic (exact) mass is 631 g/mol. The molecule has 0 N–H and O–H groups in total. The molecule has 0 aliphatic rings. The smallest absolute Gasteiger partial charge is 0.206 e. The largest absolute Gasteiger partial charge is 0.346 e. The van der Waals surface area contributed by atoms with Gasteiger partial charge in [-0.05, 0) is 52.1 Å². The van der Waals surface area contributed by atoms with E-state index in [1.165, 1.54) is 22.0 Å². The summed E-state index contributed by atoms with van der Waals surface area (Å²) in [7, 11) is 2.18. The number of unbranched alkanes of at least 4 members (excludes halogenated alkanes) is 1. The SMILES string of the molecule is CCCCN(C)c1nc2c(N(Cc3ccccc3)Cc3ccccc3)nc3c(I)cccc3c2n1CC(C)C. The Bertz CT molecular complexity index is 1490. The van der Waals surface area contributed by atoms with Crippen LogP contribution >= 0.6 is 22.6 Å². The van der Waals surface area contributed by atoms with Gasteiger partial charge in [0.15, 0.2) is 5.82 Å². The minimum Gasteiger partial charge on any atom is -0.346 e. The Kier molecular flexibility index (Phi) is 8.70. The Labute approximate surface area is 246 Å². The average molecular weight is 632 g/mol. The van der Waals surface area contributed by atoms with Crippen LogP contribution in [0.15, 0.2) is 78.9 Å². The van der Waals surface area contributed by atoms with E-state index in [1.807, 2.05) is 0 Å². The first-order chi connectivity index (χ1) is 19.0. The van der Waals surface area contributed by atoms with Crippen molar-refractivity contribution in [3.05, 3.63) is 93.6 Å². The Morgan fingerprint density at radius 1 is 0.821 bits per heavy atom. The van der Waals surface area contributed by atoms with Crippen LogP contribution in [0.4, 0.5) is 11.8 Å². The summed E-state index contributed by atoms with van der Waals surface area (Å²) in [5.74, 6) is 2.46. The second-order valence-corrected chi connectivity index (χ2v) is 11.9. The van der Waals surface area contributed by atoms with Crippen LogP contribution in [0.1, 0.15) is 44.7 Å². The molecule has 0 radical (unpaired) electrons. The van der Waals surface area contributed by atoms with Crippen LogP contribution in [0.5, 0.6) is 0 Å². The van der Waals surface area contributed by atoms with E-state index in [4.69, 9.17) is 9.97 Å². The van der Waals surface area contributed by atoms with Crippen LogP contribution < -0.4 is 9.80 Å². The number of hydrogen-bond acceptors (Lipinski definition) is 4. The zero-order valence-electron chi connectivity index (χ0n) is 23.4. The highest BCUT2D eigenvalue weighted by Gasteiger charge is 2.25. The van der Waals surface area contributed by atoms with Gasteiger partial charge in [-0.2, -0.15) is 0 Å². The molecular formula is C33H38IN5. The third kappa shape index (κ3) is 6.06. The number of fused-ring (bicyclic) bond motifs is 3. The summed E-state index contributed by atoms with van der Waals surface area (Å²) in [6.45, 7) is 10.2. The van der Waals surface area contributed by atoms with Crippen LogP contribution in [-0.2, 0) is 19.6 Å². The van der Waals surface area contributed by atoms with Gasteiger partial charge in [0.25, 0.3) is 0 Å². The highest BCUT2D eigenvalue weighted by molar-refractivity contribution is 14.1. The number of pyridine rings is 1. The second kappa shape index (κ2) is 12.4. The molecule has 0 fully saturated rings. The Morgan fingerprint density at radius 2 is 1.46 bits per heavy atom. The molecule has 5 rings (SSSR count). The van der Waals surface area contributed by atoms with Gasteiger partial charge >= 0.3 is 0 Å². The summed E-state index contributed by atoms with van der Waals surface area (Å²) >= 11 is 2.43. The number of benzene rings is 3. The fourth-order valence-electron chi connectivity index (χ4n) is 5.21. The van der Waals surface area contributed by atoms with E-state index in [2.05, 4.69) is 144 Å². The van der Waals surface area contributed by atoms with Gasteiger partial charge in [0.2, 0.25) is 5.95 Å². The normalized spacial score (nSPS) is 11.5. The first-order valence-corrected chi connectivity index (χ1v) is 15.1. The van der Waals surface area contributed by atoms with Gasteiger partial charge in [0, 0.05) is 42.2 Å². The van der Waals surface area contributed by atoms with E-state index in [-0.39, 0.29) is 0 Å². The van der Waals surface area contributed by atoms with E-state index < -0.39 is 0 Å². The van der Waals surface area contributed by atoms with Crippen LogP contribution in [0, 0.1) is 9.49 Å². The minimum atomic E-state index is 0.486. The summed E-state index contributed by atoms with van der Waals surface area (Å²) in [6, 6.07) is 27.9. The lowest BCUT2D eigenvalue weighted by Crippen LogP contribution is -2.23.